The molecule has 0 aromatic carbocycles. The van der Waals surface area contributed by atoms with Gasteiger partial charge in [-0.1, -0.05) is 20.8 Å². The van der Waals surface area contributed by atoms with E-state index in [-0.39, 0.29) is 5.92 Å². The lowest BCUT2D eigenvalue weighted by Crippen LogP contribution is -2.03. The number of nitrogens with zero attached hydrogens (tertiary/aromatic N) is 3. The monoisotopic (exact) mass is 231 g/mol. The predicted octanol–water partition coefficient (Wildman–Crippen LogP) is 2.47. The van der Waals surface area contributed by atoms with E-state index in [0.29, 0.717) is 5.56 Å². The first-order valence-corrected chi connectivity index (χ1v) is 5.89. The third-order valence-corrected chi connectivity index (χ3v) is 2.91. The van der Waals surface area contributed by atoms with Crippen LogP contribution >= 0.6 is 0 Å². The maximum atomic E-state index is 11.1. The van der Waals surface area contributed by atoms with E-state index in [9.17, 15) is 4.79 Å². The zero-order chi connectivity index (χ0) is 12.6. The molecule has 0 saturated carbocycles. The number of carbonyl (C=O) groups is 1. The van der Waals surface area contributed by atoms with Gasteiger partial charge in [0.1, 0.15) is 11.5 Å². The van der Waals surface area contributed by atoms with Crippen LogP contribution in [0.1, 0.15) is 48.6 Å². The number of aryl methyl sites for hydroxylation is 2. The van der Waals surface area contributed by atoms with E-state index >= 15 is 0 Å². The highest BCUT2D eigenvalue weighted by Crippen LogP contribution is 2.26. The van der Waals surface area contributed by atoms with Crippen molar-refractivity contribution >= 4 is 17.3 Å². The maximum Gasteiger partial charge on any atom is 0.152 e. The molecule has 4 heteroatoms. The van der Waals surface area contributed by atoms with Gasteiger partial charge in [0.2, 0.25) is 0 Å². The van der Waals surface area contributed by atoms with E-state index in [1.54, 1.807) is 0 Å². The fraction of sp³-hybridized carbons (Fsp3) is 0.462. The normalized spacial score (nSPS) is 11.4. The van der Waals surface area contributed by atoms with Gasteiger partial charge in [-0.05, 0) is 5.92 Å². The van der Waals surface area contributed by atoms with E-state index in [2.05, 4.69) is 23.8 Å². The van der Waals surface area contributed by atoms with E-state index in [1.165, 1.54) is 0 Å². The molecule has 0 bridgehead atoms. The molecule has 2 heterocycles. The summed E-state index contributed by atoms with van der Waals surface area (Å²) in [6.07, 6.45) is 3.50. The Morgan fingerprint density at radius 1 is 1.41 bits per heavy atom. The molecule has 90 valence electrons. The van der Waals surface area contributed by atoms with Gasteiger partial charge in [-0.25, -0.2) is 9.97 Å². The summed E-state index contributed by atoms with van der Waals surface area (Å²) in [5.41, 5.74) is 2.49. The molecule has 0 amide bonds. The third-order valence-electron chi connectivity index (χ3n) is 2.91. The number of aldehydes is 1. The second-order valence-electron chi connectivity index (χ2n) is 4.55. The second kappa shape index (κ2) is 4.28. The molecule has 2 rings (SSSR count). The number of carbonyl (C=O) groups excluding carboxylic acids is 1. The lowest BCUT2D eigenvalue weighted by molar-refractivity contribution is 0.112. The summed E-state index contributed by atoms with van der Waals surface area (Å²) in [7, 11) is 1.91. The van der Waals surface area contributed by atoms with Gasteiger partial charge in [0, 0.05) is 25.2 Å². The maximum absolute atomic E-state index is 11.1. The number of hydrogen-bond donors (Lipinski definition) is 0. The highest BCUT2D eigenvalue weighted by atomic mass is 16.1. The average molecular weight is 231 g/mol. The Bertz CT molecular complexity index is 570. The van der Waals surface area contributed by atoms with Crippen LogP contribution in [-0.2, 0) is 13.5 Å². The highest BCUT2D eigenvalue weighted by molar-refractivity contribution is 5.97. The molecular weight excluding hydrogens is 214 g/mol. The molecule has 0 aliphatic carbocycles. The number of hydrogen-bond acceptors (Lipinski definition) is 3. The molecule has 0 atom stereocenters. The van der Waals surface area contributed by atoms with Crippen molar-refractivity contribution in [3.05, 3.63) is 23.3 Å². The van der Waals surface area contributed by atoms with Gasteiger partial charge < -0.3 is 4.57 Å². The Hall–Kier alpha value is -1.71. The summed E-state index contributed by atoms with van der Waals surface area (Å²) < 4.78 is 1.89. The van der Waals surface area contributed by atoms with Gasteiger partial charge in [0.25, 0.3) is 0 Å². The van der Waals surface area contributed by atoms with E-state index in [4.69, 9.17) is 0 Å². The highest BCUT2D eigenvalue weighted by Gasteiger charge is 2.16. The first kappa shape index (κ1) is 11.8. The van der Waals surface area contributed by atoms with Crippen LogP contribution in [0.2, 0.25) is 0 Å². The molecule has 0 spiro atoms. The van der Waals surface area contributed by atoms with Gasteiger partial charge in [-0.15, -0.1) is 0 Å². The fourth-order valence-corrected chi connectivity index (χ4v) is 2.04. The molecule has 0 aliphatic rings. The number of fused-ring (bicyclic) bond motifs is 1. The summed E-state index contributed by atoms with van der Waals surface area (Å²) in [4.78, 5) is 20.1. The Balaban J connectivity index is 2.88. The predicted molar refractivity (Wildman–Crippen MR) is 67.4 cm³/mol. The summed E-state index contributed by atoms with van der Waals surface area (Å²) in [5, 5.41) is 0.898. The van der Waals surface area contributed by atoms with Crippen molar-refractivity contribution in [1.29, 1.82) is 0 Å². The quantitative estimate of drug-likeness (QED) is 0.762. The molecule has 0 N–H and O–H groups in total. The molecule has 0 aliphatic heterocycles. The number of rotatable bonds is 3. The molecule has 0 saturated heterocycles. The molecule has 17 heavy (non-hydrogen) atoms. The Morgan fingerprint density at radius 2 is 2.12 bits per heavy atom. The lowest BCUT2D eigenvalue weighted by Gasteiger charge is -2.09. The van der Waals surface area contributed by atoms with Crippen molar-refractivity contribution < 1.29 is 4.79 Å². The third kappa shape index (κ3) is 1.84. The van der Waals surface area contributed by atoms with E-state index in [0.717, 1.165) is 35.3 Å². The molecule has 0 unspecified atom stereocenters. The minimum absolute atomic E-state index is 0.284. The van der Waals surface area contributed by atoms with Crippen molar-refractivity contribution in [2.24, 2.45) is 7.05 Å². The van der Waals surface area contributed by atoms with Gasteiger partial charge >= 0.3 is 0 Å². The van der Waals surface area contributed by atoms with Crippen LogP contribution in [0.25, 0.3) is 11.0 Å². The summed E-state index contributed by atoms with van der Waals surface area (Å²) in [5.74, 6) is 1.12. The minimum Gasteiger partial charge on any atom is -0.335 e. The first-order valence-electron chi connectivity index (χ1n) is 5.89. The molecule has 0 fully saturated rings. The topological polar surface area (TPSA) is 47.8 Å². The van der Waals surface area contributed by atoms with Crippen LogP contribution in [0.3, 0.4) is 0 Å². The van der Waals surface area contributed by atoms with Crippen LogP contribution in [0.5, 0.6) is 0 Å². The van der Waals surface area contributed by atoms with Crippen molar-refractivity contribution in [2.45, 2.75) is 33.1 Å². The Morgan fingerprint density at radius 3 is 2.65 bits per heavy atom. The average Bonchev–Trinajstić information content (AvgIpc) is 2.65. The molecular formula is C13H17N3O. The zero-order valence-electron chi connectivity index (χ0n) is 10.7. The van der Waals surface area contributed by atoms with E-state index in [1.807, 2.05) is 24.7 Å². The van der Waals surface area contributed by atoms with Crippen LogP contribution in [0.15, 0.2) is 6.20 Å². The van der Waals surface area contributed by atoms with Gasteiger partial charge in [0.15, 0.2) is 6.29 Å². The summed E-state index contributed by atoms with van der Waals surface area (Å²) >= 11 is 0. The van der Waals surface area contributed by atoms with E-state index < -0.39 is 0 Å². The van der Waals surface area contributed by atoms with Gasteiger partial charge in [0.05, 0.1) is 11.1 Å². The smallest absolute Gasteiger partial charge is 0.152 e. The molecule has 4 nitrogen and oxygen atoms in total. The summed E-state index contributed by atoms with van der Waals surface area (Å²) in [6.45, 7) is 6.21. The minimum atomic E-state index is 0.284. The standard InChI is InChI=1S/C13H17N3O/c1-5-10-14-12(8(2)3)11-9(7-17)6-16(4)13(11)15-10/h6-8H,5H2,1-4H3. The largest absolute Gasteiger partial charge is 0.335 e. The van der Waals surface area contributed by atoms with Crippen molar-refractivity contribution in [3.8, 4) is 0 Å². The molecule has 0 radical (unpaired) electrons. The second-order valence-corrected chi connectivity index (χ2v) is 4.55. The van der Waals surface area contributed by atoms with Crippen molar-refractivity contribution in [1.82, 2.24) is 14.5 Å². The van der Waals surface area contributed by atoms with Crippen LogP contribution in [0.4, 0.5) is 0 Å². The van der Waals surface area contributed by atoms with Crippen molar-refractivity contribution in [2.75, 3.05) is 0 Å². The first-order chi connectivity index (χ1) is 8.08. The van der Waals surface area contributed by atoms with Gasteiger partial charge in [-0.3, -0.25) is 4.79 Å². The van der Waals surface area contributed by atoms with Crippen LogP contribution in [-0.4, -0.2) is 20.8 Å². The van der Waals surface area contributed by atoms with Crippen LogP contribution < -0.4 is 0 Å². The van der Waals surface area contributed by atoms with Gasteiger partial charge in [-0.2, -0.15) is 0 Å². The SMILES string of the molecule is CCc1nc(C(C)C)c2c(C=O)cn(C)c2n1. The van der Waals surface area contributed by atoms with Crippen molar-refractivity contribution in [3.63, 3.8) is 0 Å². The molecule has 2 aromatic heterocycles. The Kier molecular flexibility index (Phi) is 2.96. The number of aromatic nitrogens is 3. The summed E-state index contributed by atoms with van der Waals surface area (Å²) in [6, 6.07) is 0. The molecule has 2 aromatic rings. The lowest BCUT2D eigenvalue weighted by atomic mass is 10.0. The zero-order valence-corrected chi connectivity index (χ0v) is 10.7. The van der Waals surface area contributed by atoms with Crippen LogP contribution in [0, 0.1) is 0 Å². The Labute approximate surface area is 101 Å². The fourth-order valence-electron chi connectivity index (χ4n) is 2.04.